The summed E-state index contributed by atoms with van der Waals surface area (Å²) in [5, 5.41) is 7.25. The molecule has 0 radical (unpaired) electrons. The van der Waals surface area contributed by atoms with Crippen molar-refractivity contribution >= 4 is 5.82 Å². The molecular formula is C22H27N5O. The molecule has 3 aromatic heterocycles. The van der Waals surface area contributed by atoms with E-state index in [2.05, 4.69) is 38.6 Å². The first kappa shape index (κ1) is 18.6. The summed E-state index contributed by atoms with van der Waals surface area (Å²) in [7, 11) is 1.93. The Morgan fingerprint density at radius 3 is 2.89 bits per heavy atom. The van der Waals surface area contributed by atoms with E-state index in [0.29, 0.717) is 5.92 Å². The van der Waals surface area contributed by atoms with E-state index < -0.39 is 0 Å². The lowest BCUT2D eigenvalue weighted by molar-refractivity contribution is 0.316. The van der Waals surface area contributed by atoms with Crippen molar-refractivity contribution in [3.63, 3.8) is 0 Å². The first-order chi connectivity index (χ1) is 13.6. The smallest absolute Gasteiger partial charge is 0.143 e. The highest BCUT2D eigenvalue weighted by Crippen LogP contribution is 2.27. The Morgan fingerprint density at radius 1 is 1.21 bits per heavy atom. The molecule has 1 saturated heterocycles. The van der Waals surface area contributed by atoms with Gasteiger partial charge in [-0.1, -0.05) is 17.3 Å². The number of hydrogen-bond donors (Lipinski definition) is 1. The van der Waals surface area contributed by atoms with Crippen LogP contribution in [0.15, 0.2) is 41.1 Å². The molecule has 1 unspecified atom stereocenters. The van der Waals surface area contributed by atoms with Crippen LogP contribution in [-0.4, -0.2) is 40.2 Å². The Labute approximate surface area is 166 Å². The number of aryl methyl sites for hydroxylation is 2. The molecule has 0 aromatic carbocycles. The zero-order chi connectivity index (χ0) is 19.5. The average molecular weight is 377 g/mol. The van der Waals surface area contributed by atoms with Crippen molar-refractivity contribution in [1.82, 2.24) is 20.0 Å². The Hall–Kier alpha value is -2.73. The predicted octanol–water partition coefficient (Wildman–Crippen LogP) is 3.85. The topological polar surface area (TPSA) is 67.1 Å². The Kier molecular flexibility index (Phi) is 5.39. The lowest BCUT2D eigenvalue weighted by Crippen LogP contribution is -2.21. The van der Waals surface area contributed by atoms with Gasteiger partial charge in [-0.05, 0) is 57.4 Å². The van der Waals surface area contributed by atoms with Crippen molar-refractivity contribution in [2.45, 2.75) is 33.2 Å². The fourth-order valence-corrected chi connectivity index (χ4v) is 4.13. The molecule has 0 amide bonds. The number of aromatic nitrogens is 3. The fraction of sp³-hybridized carbons (Fsp3) is 0.409. The van der Waals surface area contributed by atoms with E-state index in [1.807, 2.05) is 39.2 Å². The molecule has 0 spiro atoms. The van der Waals surface area contributed by atoms with Gasteiger partial charge < -0.3 is 9.84 Å². The van der Waals surface area contributed by atoms with Crippen molar-refractivity contribution in [3.8, 4) is 11.3 Å². The Morgan fingerprint density at radius 2 is 2.11 bits per heavy atom. The quantitative estimate of drug-likeness (QED) is 0.704. The molecule has 1 fully saturated rings. The van der Waals surface area contributed by atoms with Crippen molar-refractivity contribution in [2.24, 2.45) is 5.92 Å². The van der Waals surface area contributed by atoms with Crippen LogP contribution < -0.4 is 5.32 Å². The van der Waals surface area contributed by atoms with Crippen LogP contribution in [0.2, 0.25) is 0 Å². The summed E-state index contributed by atoms with van der Waals surface area (Å²) in [5.74, 6) is 2.42. The molecule has 0 saturated carbocycles. The van der Waals surface area contributed by atoms with E-state index in [1.54, 1.807) is 0 Å². The monoisotopic (exact) mass is 377 g/mol. The van der Waals surface area contributed by atoms with E-state index in [-0.39, 0.29) is 0 Å². The molecule has 1 aliphatic heterocycles. The number of likely N-dealkylation sites (tertiary alicyclic amines) is 1. The molecule has 0 bridgehead atoms. The highest BCUT2D eigenvalue weighted by molar-refractivity contribution is 5.63. The first-order valence-electron chi connectivity index (χ1n) is 9.87. The third-order valence-corrected chi connectivity index (χ3v) is 5.49. The van der Waals surface area contributed by atoms with E-state index >= 15 is 0 Å². The Balaban J connectivity index is 1.41. The fourth-order valence-electron chi connectivity index (χ4n) is 4.13. The summed E-state index contributed by atoms with van der Waals surface area (Å²) in [6.07, 6.45) is 4.03. The summed E-state index contributed by atoms with van der Waals surface area (Å²) < 4.78 is 5.31. The minimum atomic E-state index is 0.627. The second-order valence-electron chi connectivity index (χ2n) is 7.57. The minimum Gasteiger partial charge on any atom is -0.373 e. The van der Waals surface area contributed by atoms with Gasteiger partial charge in [-0.25, -0.2) is 4.98 Å². The average Bonchev–Trinajstić information content (AvgIpc) is 3.28. The summed E-state index contributed by atoms with van der Waals surface area (Å²) in [6.45, 7) is 7.05. The summed E-state index contributed by atoms with van der Waals surface area (Å²) in [5.41, 5.74) is 5.26. The van der Waals surface area contributed by atoms with Gasteiger partial charge in [0.25, 0.3) is 0 Å². The number of nitrogens with zero attached hydrogens (tertiary/aromatic N) is 4. The van der Waals surface area contributed by atoms with E-state index in [4.69, 9.17) is 9.51 Å². The zero-order valence-corrected chi connectivity index (χ0v) is 16.8. The van der Waals surface area contributed by atoms with Gasteiger partial charge in [-0.3, -0.25) is 9.88 Å². The number of anilines is 1. The number of rotatable bonds is 6. The number of nitrogens with one attached hydrogen (secondary N) is 1. The van der Waals surface area contributed by atoms with E-state index in [0.717, 1.165) is 60.3 Å². The van der Waals surface area contributed by atoms with Crippen LogP contribution >= 0.6 is 0 Å². The lowest BCUT2D eigenvalue weighted by atomic mass is 10.0. The van der Waals surface area contributed by atoms with E-state index in [1.165, 1.54) is 12.0 Å². The first-order valence-corrected chi connectivity index (χ1v) is 9.87. The predicted molar refractivity (Wildman–Crippen MR) is 110 cm³/mol. The van der Waals surface area contributed by atoms with Gasteiger partial charge in [-0.15, -0.1) is 0 Å². The molecule has 3 aromatic rings. The molecule has 28 heavy (non-hydrogen) atoms. The molecule has 1 atom stereocenters. The van der Waals surface area contributed by atoms with Gasteiger partial charge in [0, 0.05) is 37.6 Å². The van der Waals surface area contributed by atoms with Gasteiger partial charge in [0.2, 0.25) is 0 Å². The van der Waals surface area contributed by atoms with Gasteiger partial charge in [-0.2, -0.15) is 0 Å². The van der Waals surface area contributed by atoms with Gasteiger partial charge >= 0.3 is 0 Å². The van der Waals surface area contributed by atoms with Gasteiger partial charge in [0.1, 0.15) is 11.6 Å². The van der Waals surface area contributed by atoms with Crippen LogP contribution in [0.3, 0.4) is 0 Å². The minimum absolute atomic E-state index is 0.627. The van der Waals surface area contributed by atoms with Crippen LogP contribution in [0.5, 0.6) is 0 Å². The zero-order valence-electron chi connectivity index (χ0n) is 16.8. The highest BCUT2D eigenvalue weighted by Gasteiger charge is 2.24. The standard InChI is InChI=1S/C22H27N5O/c1-15-21(16(2)28-26-15)20-8-4-7-19(25-20)12-17-9-11-27(13-17)14-18-6-5-10-24-22(18)23-3/h4-8,10,17H,9,11-14H2,1-3H3,(H,23,24). The molecule has 146 valence electrons. The molecule has 6 nitrogen and oxygen atoms in total. The normalized spacial score (nSPS) is 17.2. The maximum Gasteiger partial charge on any atom is 0.143 e. The maximum absolute atomic E-state index is 5.31. The Bertz CT molecular complexity index is 932. The van der Waals surface area contributed by atoms with Crippen molar-refractivity contribution in [2.75, 3.05) is 25.5 Å². The molecule has 0 aliphatic carbocycles. The van der Waals surface area contributed by atoms with E-state index in [9.17, 15) is 0 Å². The molecule has 6 heteroatoms. The van der Waals surface area contributed by atoms with Crippen molar-refractivity contribution in [1.29, 1.82) is 0 Å². The highest BCUT2D eigenvalue weighted by atomic mass is 16.5. The molecule has 1 aliphatic rings. The third-order valence-electron chi connectivity index (χ3n) is 5.49. The molecule has 1 N–H and O–H groups in total. The van der Waals surface area contributed by atoms with Crippen LogP contribution in [0.25, 0.3) is 11.3 Å². The largest absolute Gasteiger partial charge is 0.373 e. The second kappa shape index (κ2) is 8.10. The second-order valence-corrected chi connectivity index (χ2v) is 7.57. The molecular weight excluding hydrogens is 350 g/mol. The van der Waals surface area contributed by atoms with Crippen molar-refractivity contribution < 1.29 is 4.52 Å². The summed E-state index contributed by atoms with van der Waals surface area (Å²) >= 11 is 0. The number of hydrogen-bond acceptors (Lipinski definition) is 6. The van der Waals surface area contributed by atoms with Crippen LogP contribution in [0, 0.1) is 19.8 Å². The summed E-state index contributed by atoms with van der Waals surface area (Å²) in [4.78, 5) is 11.8. The lowest BCUT2D eigenvalue weighted by Gasteiger charge is -2.17. The molecule has 4 rings (SSSR count). The van der Waals surface area contributed by atoms with Crippen LogP contribution in [0.4, 0.5) is 5.82 Å². The number of pyridine rings is 2. The van der Waals surface area contributed by atoms with Gasteiger partial charge in [0.15, 0.2) is 0 Å². The third kappa shape index (κ3) is 3.92. The van der Waals surface area contributed by atoms with Gasteiger partial charge in [0.05, 0.1) is 17.0 Å². The van der Waals surface area contributed by atoms with Crippen LogP contribution in [-0.2, 0) is 13.0 Å². The summed E-state index contributed by atoms with van der Waals surface area (Å²) in [6, 6.07) is 10.4. The SMILES string of the molecule is CNc1ncccc1CN1CCC(Cc2cccc(-c3c(C)noc3C)n2)C1. The van der Waals surface area contributed by atoms with Crippen LogP contribution in [0.1, 0.15) is 29.1 Å². The maximum atomic E-state index is 5.31. The van der Waals surface area contributed by atoms with Crippen molar-refractivity contribution in [3.05, 3.63) is 59.2 Å². The molecule has 4 heterocycles.